The third-order valence-corrected chi connectivity index (χ3v) is 3.09. The fourth-order valence-electron chi connectivity index (χ4n) is 1.79. The maximum Gasteiger partial charge on any atom is 0.354 e. The van der Waals surface area contributed by atoms with E-state index in [4.69, 9.17) is 5.11 Å². The lowest BCUT2D eigenvalue weighted by molar-refractivity contribution is 0.0690. The quantitative estimate of drug-likeness (QED) is 0.898. The maximum atomic E-state index is 12.2. The monoisotopic (exact) mass is 270 g/mol. The van der Waals surface area contributed by atoms with Gasteiger partial charge in [0, 0.05) is 5.56 Å². The molecule has 5 nitrogen and oxygen atoms in total. The molecule has 20 heavy (non-hydrogen) atoms. The molecule has 0 fully saturated rings. The first-order valence-corrected chi connectivity index (χ1v) is 6.06. The molecule has 5 heteroatoms. The zero-order valence-electron chi connectivity index (χ0n) is 11.2. The van der Waals surface area contributed by atoms with E-state index < -0.39 is 5.97 Å². The van der Waals surface area contributed by atoms with E-state index in [2.05, 4.69) is 10.3 Å². The number of hydrogen-bond acceptors (Lipinski definition) is 3. The molecule has 0 bridgehead atoms. The molecule has 0 radical (unpaired) electrons. The predicted molar refractivity (Wildman–Crippen MR) is 75.1 cm³/mol. The minimum atomic E-state index is -1.10. The maximum absolute atomic E-state index is 12.2. The smallest absolute Gasteiger partial charge is 0.354 e. The second-order valence-electron chi connectivity index (χ2n) is 4.44. The van der Waals surface area contributed by atoms with E-state index in [0.717, 1.165) is 11.1 Å². The molecule has 2 aromatic rings. The van der Waals surface area contributed by atoms with Crippen LogP contribution in [-0.2, 0) is 0 Å². The van der Waals surface area contributed by atoms with Gasteiger partial charge in [0.15, 0.2) is 0 Å². The molecular formula is C15H14N2O3. The summed E-state index contributed by atoms with van der Waals surface area (Å²) in [6, 6.07) is 8.37. The van der Waals surface area contributed by atoms with Crippen LogP contribution in [0.3, 0.4) is 0 Å². The van der Waals surface area contributed by atoms with Crippen LogP contribution < -0.4 is 5.32 Å². The summed E-state index contributed by atoms with van der Waals surface area (Å²) in [6.45, 7) is 3.82. The molecule has 0 saturated heterocycles. The number of carbonyl (C=O) groups is 2. The van der Waals surface area contributed by atoms with Crippen molar-refractivity contribution in [2.24, 2.45) is 0 Å². The number of aromatic carboxylic acids is 1. The summed E-state index contributed by atoms with van der Waals surface area (Å²) in [7, 11) is 0. The van der Waals surface area contributed by atoms with Gasteiger partial charge in [-0.15, -0.1) is 0 Å². The zero-order valence-corrected chi connectivity index (χ0v) is 11.2. The third-order valence-electron chi connectivity index (χ3n) is 3.09. The van der Waals surface area contributed by atoms with Crippen molar-refractivity contribution < 1.29 is 14.7 Å². The highest BCUT2D eigenvalue weighted by Gasteiger charge is 2.11. The summed E-state index contributed by atoms with van der Waals surface area (Å²) >= 11 is 0. The molecule has 0 aliphatic carbocycles. The number of anilines is 1. The molecule has 0 atom stereocenters. The van der Waals surface area contributed by atoms with Crippen molar-refractivity contribution >= 4 is 17.6 Å². The number of amides is 1. The minimum Gasteiger partial charge on any atom is -0.477 e. The van der Waals surface area contributed by atoms with E-state index in [1.54, 1.807) is 6.07 Å². The number of carboxylic acid groups (broad SMARTS) is 1. The summed E-state index contributed by atoms with van der Waals surface area (Å²) in [4.78, 5) is 26.6. The number of benzene rings is 1. The van der Waals surface area contributed by atoms with E-state index in [1.165, 1.54) is 18.3 Å². The van der Waals surface area contributed by atoms with Crippen molar-refractivity contribution in [1.82, 2.24) is 4.98 Å². The number of nitrogens with zero attached hydrogens (tertiary/aromatic N) is 1. The Kier molecular flexibility index (Phi) is 3.79. The van der Waals surface area contributed by atoms with E-state index in [-0.39, 0.29) is 11.6 Å². The number of carbonyl (C=O) groups excluding carboxylic acids is 1. The number of pyridine rings is 1. The lowest BCUT2D eigenvalue weighted by Gasteiger charge is -2.09. The predicted octanol–water partition coefficient (Wildman–Crippen LogP) is 2.65. The Morgan fingerprint density at radius 1 is 1.15 bits per heavy atom. The highest BCUT2D eigenvalue weighted by molar-refractivity contribution is 6.05. The molecule has 2 N–H and O–H groups in total. The minimum absolute atomic E-state index is 0.0604. The van der Waals surface area contributed by atoms with E-state index in [1.807, 2.05) is 26.0 Å². The lowest BCUT2D eigenvalue weighted by atomic mass is 10.0. The van der Waals surface area contributed by atoms with Crippen molar-refractivity contribution in [3.63, 3.8) is 0 Å². The van der Waals surface area contributed by atoms with E-state index >= 15 is 0 Å². The fraction of sp³-hybridized carbons (Fsp3) is 0.133. The Morgan fingerprint density at radius 3 is 2.50 bits per heavy atom. The van der Waals surface area contributed by atoms with Gasteiger partial charge in [0.25, 0.3) is 5.91 Å². The first-order chi connectivity index (χ1) is 9.49. The SMILES string of the molecule is Cc1cccc(C(=O)Nc2ccc(C(=O)O)nc2)c1C. The summed E-state index contributed by atoms with van der Waals surface area (Å²) < 4.78 is 0. The van der Waals surface area contributed by atoms with Crippen LogP contribution >= 0.6 is 0 Å². The molecule has 0 aliphatic heterocycles. The standard InChI is InChI=1S/C15H14N2O3/c1-9-4-3-5-12(10(9)2)14(18)17-11-6-7-13(15(19)20)16-8-11/h3-8H,1-2H3,(H,17,18)(H,19,20). The summed E-state index contributed by atoms with van der Waals surface area (Å²) in [5, 5.41) is 11.5. The van der Waals surface area contributed by atoms with Crippen molar-refractivity contribution in [1.29, 1.82) is 0 Å². The summed E-state index contributed by atoms with van der Waals surface area (Å²) in [5.74, 6) is -1.34. The summed E-state index contributed by atoms with van der Waals surface area (Å²) in [6.07, 6.45) is 1.33. The number of rotatable bonds is 3. The van der Waals surface area contributed by atoms with Crippen LogP contribution in [0.4, 0.5) is 5.69 Å². The van der Waals surface area contributed by atoms with Crippen molar-refractivity contribution in [3.05, 3.63) is 58.9 Å². The fourth-order valence-corrected chi connectivity index (χ4v) is 1.79. The molecule has 1 aromatic carbocycles. The van der Waals surface area contributed by atoms with Gasteiger partial charge < -0.3 is 10.4 Å². The van der Waals surface area contributed by atoms with Gasteiger partial charge in [-0.1, -0.05) is 12.1 Å². The van der Waals surface area contributed by atoms with Gasteiger partial charge in [0.2, 0.25) is 0 Å². The Balaban J connectivity index is 2.19. The molecule has 1 heterocycles. The van der Waals surface area contributed by atoms with Crippen LogP contribution in [0.25, 0.3) is 0 Å². The molecule has 102 valence electrons. The number of aryl methyl sites for hydroxylation is 1. The van der Waals surface area contributed by atoms with Gasteiger partial charge in [-0.05, 0) is 43.2 Å². The van der Waals surface area contributed by atoms with Gasteiger partial charge >= 0.3 is 5.97 Å². The van der Waals surface area contributed by atoms with Crippen LogP contribution in [0.2, 0.25) is 0 Å². The highest BCUT2D eigenvalue weighted by Crippen LogP contribution is 2.15. The van der Waals surface area contributed by atoms with E-state index in [0.29, 0.717) is 11.3 Å². The topological polar surface area (TPSA) is 79.3 Å². The Labute approximate surface area is 116 Å². The molecule has 2 rings (SSSR count). The molecule has 0 aliphatic rings. The first-order valence-electron chi connectivity index (χ1n) is 6.06. The zero-order chi connectivity index (χ0) is 14.7. The normalized spacial score (nSPS) is 10.1. The second-order valence-corrected chi connectivity index (χ2v) is 4.44. The van der Waals surface area contributed by atoms with Crippen molar-refractivity contribution in [3.8, 4) is 0 Å². The van der Waals surface area contributed by atoms with Gasteiger partial charge in [-0.3, -0.25) is 4.79 Å². The van der Waals surface area contributed by atoms with Crippen LogP contribution in [0, 0.1) is 13.8 Å². The van der Waals surface area contributed by atoms with E-state index in [9.17, 15) is 9.59 Å². The molecule has 0 saturated carbocycles. The van der Waals surface area contributed by atoms with Crippen LogP contribution in [0.1, 0.15) is 32.0 Å². The summed E-state index contributed by atoms with van der Waals surface area (Å²) in [5.41, 5.74) is 2.94. The molecular weight excluding hydrogens is 256 g/mol. The van der Waals surface area contributed by atoms with Gasteiger partial charge in [-0.25, -0.2) is 9.78 Å². The Bertz CT molecular complexity index is 663. The first kappa shape index (κ1) is 13.7. The molecule has 0 spiro atoms. The Hall–Kier alpha value is -2.69. The average Bonchev–Trinajstić information content (AvgIpc) is 2.42. The second kappa shape index (κ2) is 5.52. The number of aromatic nitrogens is 1. The largest absolute Gasteiger partial charge is 0.477 e. The van der Waals surface area contributed by atoms with Crippen molar-refractivity contribution in [2.45, 2.75) is 13.8 Å². The third kappa shape index (κ3) is 2.83. The van der Waals surface area contributed by atoms with Crippen LogP contribution in [-0.4, -0.2) is 22.0 Å². The lowest BCUT2D eigenvalue weighted by Crippen LogP contribution is -2.14. The number of nitrogens with one attached hydrogen (secondary N) is 1. The molecule has 1 aromatic heterocycles. The number of carboxylic acids is 1. The number of hydrogen-bond donors (Lipinski definition) is 2. The Morgan fingerprint density at radius 2 is 1.90 bits per heavy atom. The van der Waals surface area contributed by atoms with Crippen LogP contribution in [0.5, 0.6) is 0 Å². The molecule has 1 amide bonds. The average molecular weight is 270 g/mol. The van der Waals surface area contributed by atoms with Crippen LogP contribution in [0.15, 0.2) is 36.5 Å². The van der Waals surface area contributed by atoms with Gasteiger partial charge in [0.1, 0.15) is 5.69 Å². The molecule has 0 unspecified atom stereocenters. The van der Waals surface area contributed by atoms with Gasteiger partial charge in [-0.2, -0.15) is 0 Å². The van der Waals surface area contributed by atoms with Crippen molar-refractivity contribution in [2.75, 3.05) is 5.32 Å². The highest BCUT2D eigenvalue weighted by atomic mass is 16.4. The van der Waals surface area contributed by atoms with Gasteiger partial charge in [0.05, 0.1) is 11.9 Å².